The van der Waals surface area contributed by atoms with E-state index in [-0.39, 0.29) is 12.0 Å². The van der Waals surface area contributed by atoms with Crippen LogP contribution >= 0.6 is 11.3 Å². The van der Waals surface area contributed by atoms with Crippen molar-refractivity contribution in [3.63, 3.8) is 0 Å². The van der Waals surface area contributed by atoms with Gasteiger partial charge in [0.25, 0.3) is 5.91 Å². The number of thiazole rings is 1. The van der Waals surface area contributed by atoms with Gasteiger partial charge < -0.3 is 19.9 Å². The van der Waals surface area contributed by atoms with Gasteiger partial charge in [-0.15, -0.1) is 11.3 Å². The molecule has 0 spiro atoms. The summed E-state index contributed by atoms with van der Waals surface area (Å²) in [5, 5.41) is 2.96. The maximum absolute atomic E-state index is 12.8. The molecule has 2 amide bonds. The van der Waals surface area contributed by atoms with Gasteiger partial charge in [0, 0.05) is 49.9 Å². The standard InChI is InChI=1S/C24H27N5O3S/c1-24(2,3)32-23(31)29-12-16-10-28(11-17(16)13-29)19-6-15(8-25-9-19)22(30)27-18-4-5-20-21(7-18)33-14-26-20/h4-9,14,16-17H,10-13H2,1-3H3,(H,27,30). The predicted molar refractivity (Wildman–Crippen MR) is 129 cm³/mol. The number of likely N-dealkylation sites (tertiary alicyclic amines) is 1. The maximum atomic E-state index is 12.8. The summed E-state index contributed by atoms with van der Waals surface area (Å²) in [6, 6.07) is 7.58. The van der Waals surface area contributed by atoms with Crippen molar-refractivity contribution in [1.29, 1.82) is 0 Å². The van der Waals surface area contributed by atoms with E-state index in [2.05, 4.69) is 20.2 Å². The third-order valence-corrected chi connectivity index (χ3v) is 6.87. The molecule has 0 saturated carbocycles. The summed E-state index contributed by atoms with van der Waals surface area (Å²) in [6.45, 7) is 8.72. The zero-order valence-corrected chi connectivity index (χ0v) is 19.8. The van der Waals surface area contributed by atoms with Crippen molar-refractivity contribution >= 4 is 44.9 Å². The molecule has 172 valence electrons. The summed E-state index contributed by atoms with van der Waals surface area (Å²) < 4.78 is 6.56. The van der Waals surface area contributed by atoms with Crippen LogP contribution < -0.4 is 10.2 Å². The van der Waals surface area contributed by atoms with E-state index in [9.17, 15) is 9.59 Å². The first-order valence-electron chi connectivity index (χ1n) is 11.1. The Kier molecular flexibility index (Phi) is 5.44. The minimum Gasteiger partial charge on any atom is -0.444 e. The third kappa shape index (κ3) is 4.64. The van der Waals surface area contributed by atoms with Crippen LogP contribution in [-0.2, 0) is 4.74 Å². The lowest BCUT2D eigenvalue weighted by Crippen LogP contribution is -2.37. The van der Waals surface area contributed by atoms with E-state index in [1.165, 1.54) is 0 Å². The van der Waals surface area contributed by atoms with Crippen LogP contribution in [0.5, 0.6) is 0 Å². The summed E-state index contributed by atoms with van der Waals surface area (Å²) in [5.41, 5.74) is 4.41. The molecule has 1 N–H and O–H groups in total. The van der Waals surface area contributed by atoms with Crippen LogP contribution in [0.1, 0.15) is 31.1 Å². The Balaban J connectivity index is 1.22. The molecule has 3 aromatic rings. The Hall–Kier alpha value is -3.20. The number of carbonyl (C=O) groups excluding carboxylic acids is 2. The van der Waals surface area contributed by atoms with Gasteiger partial charge in [-0.1, -0.05) is 0 Å². The first-order valence-corrected chi connectivity index (χ1v) is 12.0. The Morgan fingerprint density at radius 2 is 1.85 bits per heavy atom. The van der Waals surface area contributed by atoms with Crippen molar-refractivity contribution in [3.05, 3.63) is 47.7 Å². The largest absolute Gasteiger partial charge is 0.444 e. The lowest BCUT2D eigenvalue weighted by atomic mass is 10.0. The number of nitrogens with zero attached hydrogens (tertiary/aromatic N) is 4. The van der Waals surface area contributed by atoms with Crippen molar-refractivity contribution in [2.24, 2.45) is 11.8 Å². The van der Waals surface area contributed by atoms with Crippen LogP contribution in [0.2, 0.25) is 0 Å². The van der Waals surface area contributed by atoms with Gasteiger partial charge in [-0.05, 0) is 45.0 Å². The number of aromatic nitrogens is 2. The quantitative estimate of drug-likeness (QED) is 0.622. The molecule has 2 aromatic heterocycles. The van der Waals surface area contributed by atoms with Crippen molar-refractivity contribution < 1.29 is 14.3 Å². The summed E-state index contributed by atoms with van der Waals surface area (Å²) in [7, 11) is 0. The van der Waals surface area contributed by atoms with Crippen LogP contribution in [0.3, 0.4) is 0 Å². The molecule has 8 nitrogen and oxygen atoms in total. The number of benzene rings is 1. The summed E-state index contributed by atoms with van der Waals surface area (Å²) >= 11 is 1.54. The molecule has 2 fully saturated rings. The van der Waals surface area contributed by atoms with Crippen LogP contribution in [0.25, 0.3) is 10.2 Å². The highest BCUT2D eigenvalue weighted by atomic mass is 32.1. The van der Waals surface area contributed by atoms with Crippen LogP contribution in [0.15, 0.2) is 42.2 Å². The number of carbonyl (C=O) groups is 2. The summed E-state index contributed by atoms with van der Waals surface area (Å²) in [5.74, 6) is 0.589. The van der Waals surface area contributed by atoms with E-state index in [0.29, 0.717) is 30.5 Å². The van der Waals surface area contributed by atoms with Gasteiger partial charge in [0.15, 0.2) is 0 Å². The average molecular weight is 466 g/mol. The molecule has 0 bridgehead atoms. The van der Waals surface area contributed by atoms with Gasteiger partial charge in [0.05, 0.1) is 33.2 Å². The lowest BCUT2D eigenvalue weighted by molar-refractivity contribution is 0.0282. The van der Waals surface area contributed by atoms with Gasteiger partial charge in [0.2, 0.25) is 0 Å². The molecule has 0 radical (unpaired) electrons. The van der Waals surface area contributed by atoms with Gasteiger partial charge in [-0.3, -0.25) is 9.78 Å². The molecule has 33 heavy (non-hydrogen) atoms. The molecule has 2 aliphatic heterocycles. The predicted octanol–water partition coefficient (Wildman–Crippen LogP) is 4.25. The van der Waals surface area contributed by atoms with Gasteiger partial charge in [0.1, 0.15) is 5.60 Å². The number of fused-ring (bicyclic) bond motifs is 2. The molecule has 0 aliphatic carbocycles. The lowest BCUT2D eigenvalue weighted by Gasteiger charge is -2.26. The number of amides is 2. The minimum atomic E-state index is -0.486. The minimum absolute atomic E-state index is 0.191. The Morgan fingerprint density at radius 1 is 1.09 bits per heavy atom. The molecular weight excluding hydrogens is 438 g/mol. The summed E-state index contributed by atoms with van der Waals surface area (Å²) in [6.07, 6.45) is 3.15. The molecule has 9 heteroatoms. The van der Waals surface area contributed by atoms with E-state index in [1.54, 1.807) is 29.2 Å². The van der Waals surface area contributed by atoms with E-state index in [4.69, 9.17) is 4.74 Å². The molecular formula is C24H27N5O3S. The molecule has 2 saturated heterocycles. The molecule has 2 unspecified atom stereocenters. The second-order valence-corrected chi connectivity index (χ2v) is 10.6. The molecule has 2 atom stereocenters. The normalized spacial score (nSPS) is 20.2. The highest BCUT2D eigenvalue weighted by Gasteiger charge is 2.42. The zero-order valence-electron chi connectivity index (χ0n) is 18.9. The van der Waals surface area contributed by atoms with Crippen molar-refractivity contribution in [1.82, 2.24) is 14.9 Å². The Labute approximate surface area is 196 Å². The second kappa shape index (κ2) is 8.30. The van der Waals surface area contributed by atoms with Crippen molar-refractivity contribution in [2.75, 3.05) is 36.4 Å². The number of hydrogen-bond donors (Lipinski definition) is 1. The third-order valence-electron chi connectivity index (χ3n) is 6.08. The van der Waals surface area contributed by atoms with Crippen molar-refractivity contribution in [2.45, 2.75) is 26.4 Å². The number of anilines is 2. The topological polar surface area (TPSA) is 87.7 Å². The highest BCUT2D eigenvalue weighted by molar-refractivity contribution is 7.16. The molecule has 2 aliphatic rings. The van der Waals surface area contributed by atoms with Crippen LogP contribution in [-0.4, -0.2) is 58.6 Å². The average Bonchev–Trinajstić information content (AvgIpc) is 3.47. The first kappa shape index (κ1) is 21.6. The van der Waals surface area contributed by atoms with E-state index in [1.807, 2.05) is 49.9 Å². The molecule has 4 heterocycles. The van der Waals surface area contributed by atoms with Gasteiger partial charge in [-0.25, -0.2) is 9.78 Å². The maximum Gasteiger partial charge on any atom is 0.410 e. The first-order chi connectivity index (χ1) is 15.7. The zero-order chi connectivity index (χ0) is 23.2. The number of nitrogens with one attached hydrogen (secondary N) is 1. The number of ether oxygens (including phenoxy) is 1. The highest BCUT2D eigenvalue weighted by Crippen LogP contribution is 2.34. The fourth-order valence-electron chi connectivity index (χ4n) is 4.54. The fraction of sp³-hybridized carbons (Fsp3) is 0.417. The van der Waals surface area contributed by atoms with Gasteiger partial charge in [-0.2, -0.15) is 0 Å². The van der Waals surface area contributed by atoms with E-state index < -0.39 is 5.60 Å². The van der Waals surface area contributed by atoms with Gasteiger partial charge >= 0.3 is 6.09 Å². The summed E-state index contributed by atoms with van der Waals surface area (Å²) in [4.78, 5) is 37.9. The monoisotopic (exact) mass is 465 g/mol. The SMILES string of the molecule is CC(C)(C)OC(=O)N1CC2CN(c3cncc(C(=O)Nc4ccc5ncsc5c4)c3)CC2C1. The molecule has 5 rings (SSSR count). The van der Waals surface area contributed by atoms with E-state index >= 15 is 0 Å². The van der Waals surface area contributed by atoms with Crippen LogP contribution in [0, 0.1) is 11.8 Å². The van der Waals surface area contributed by atoms with Crippen LogP contribution in [0.4, 0.5) is 16.2 Å². The number of pyridine rings is 1. The fourth-order valence-corrected chi connectivity index (χ4v) is 5.26. The Morgan fingerprint density at radius 3 is 2.58 bits per heavy atom. The number of rotatable bonds is 3. The Bertz CT molecular complexity index is 1190. The van der Waals surface area contributed by atoms with E-state index in [0.717, 1.165) is 34.7 Å². The molecule has 1 aromatic carbocycles. The smallest absolute Gasteiger partial charge is 0.410 e. The van der Waals surface area contributed by atoms with Crippen molar-refractivity contribution in [3.8, 4) is 0 Å². The number of hydrogen-bond acceptors (Lipinski definition) is 7. The second-order valence-electron chi connectivity index (χ2n) is 9.73.